The number of ether oxygens (including phenoxy) is 3. The van der Waals surface area contributed by atoms with E-state index in [9.17, 15) is 14.4 Å². The second-order valence-corrected chi connectivity index (χ2v) is 24.8. The van der Waals surface area contributed by atoms with Crippen LogP contribution >= 0.6 is 0 Å². The average molecular weight is 1150 g/mol. The van der Waals surface area contributed by atoms with E-state index in [1.165, 1.54) is 276 Å². The van der Waals surface area contributed by atoms with E-state index in [0.717, 1.165) is 83.5 Å². The lowest BCUT2D eigenvalue weighted by Gasteiger charge is -2.18. The Bertz CT molecular complexity index is 1410. The maximum Gasteiger partial charge on any atom is 0.306 e. The molecule has 0 N–H and O–H groups in total. The molecule has 0 amide bonds. The molecule has 0 rings (SSSR count). The average Bonchev–Trinajstić information content (AvgIpc) is 3.47. The summed E-state index contributed by atoms with van der Waals surface area (Å²) >= 11 is 0. The van der Waals surface area contributed by atoms with Gasteiger partial charge in [0.25, 0.3) is 0 Å². The van der Waals surface area contributed by atoms with Crippen LogP contribution in [0.2, 0.25) is 0 Å². The molecule has 0 heterocycles. The van der Waals surface area contributed by atoms with E-state index >= 15 is 0 Å². The molecule has 6 nitrogen and oxygen atoms in total. The fourth-order valence-corrected chi connectivity index (χ4v) is 11.1. The number of rotatable bonds is 68. The number of carbonyl (C=O) groups is 3. The van der Waals surface area contributed by atoms with Crippen molar-refractivity contribution in [3.05, 3.63) is 48.6 Å². The van der Waals surface area contributed by atoms with Crippen LogP contribution in [0.1, 0.15) is 400 Å². The Morgan fingerprint density at radius 3 is 0.744 bits per heavy atom. The van der Waals surface area contributed by atoms with Gasteiger partial charge in [-0.25, -0.2) is 0 Å². The largest absolute Gasteiger partial charge is 0.462 e. The maximum absolute atomic E-state index is 12.9. The Balaban J connectivity index is 4.06. The third-order valence-corrected chi connectivity index (χ3v) is 16.6. The topological polar surface area (TPSA) is 78.9 Å². The summed E-state index contributed by atoms with van der Waals surface area (Å²) in [6.45, 7) is 6.60. The lowest BCUT2D eigenvalue weighted by molar-refractivity contribution is -0.167. The van der Waals surface area contributed by atoms with Crippen molar-refractivity contribution >= 4 is 17.9 Å². The van der Waals surface area contributed by atoms with Gasteiger partial charge in [0.1, 0.15) is 13.2 Å². The van der Waals surface area contributed by atoms with Gasteiger partial charge >= 0.3 is 17.9 Å². The highest BCUT2D eigenvalue weighted by molar-refractivity contribution is 5.71. The van der Waals surface area contributed by atoms with E-state index in [-0.39, 0.29) is 31.1 Å². The second kappa shape index (κ2) is 70.9. The van der Waals surface area contributed by atoms with Crippen LogP contribution in [0.15, 0.2) is 48.6 Å². The third-order valence-electron chi connectivity index (χ3n) is 16.6. The van der Waals surface area contributed by atoms with Crippen molar-refractivity contribution in [2.24, 2.45) is 0 Å². The first-order chi connectivity index (χ1) is 40.5. The molecule has 1 unspecified atom stereocenters. The first-order valence-electron chi connectivity index (χ1n) is 36.6. The molecule has 480 valence electrons. The zero-order chi connectivity index (χ0) is 59.2. The summed E-state index contributed by atoms with van der Waals surface area (Å²) in [5, 5.41) is 0. The first-order valence-corrected chi connectivity index (χ1v) is 36.6. The molecule has 0 saturated heterocycles. The van der Waals surface area contributed by atoms with Gasteiger partial charge in [-0.05, 0) is 57.8 Å². The Labute approximate surface area is 511 Å². The molecule has 0 aliphatic heterocycles. The minimum absolute atomic E-state index is 0.0639. The van der Waals surface area contributed by atoms with Crippen LogP contribution in [0.25, 0.3) is 0 Å². The molecule has 0 aromatic heterocycles. The summed E-state index contributed by atoms with van der Waals surface area (Å²) in [6.07, 6.45) is 90.2. The quantitative estimate of drug-likeness (QED) is 0.0261. The molecule has 0 aromatic rings. The molecule has 0 fully saturated rings. The highest BCUT2D eigenvalue weighted by Crippen LogP contribution is 2.19. The number of hydrogen-bond donors (Lipinski definition) is 0. The number of allylic oxidation sites excluding steroid dienone is 8. The molecule has 0 aliphatic rings. The summed E-state index contributed by atoms with van der Waals surface area (Å²) < 4.78 is 17.0. The van der Waals surface area contributed by atoms with Crippen molar-refractivity contribution in [2.45, 2.75) is 406 Å². The van der Waals surface area contributed by atoms with Gasteiger partial charge in [0.05, 0.1) is 0 Å². The molecule has 0 saturated carbocycles. The van der Waals surface area contributed by atoms with Gasteiger partial charge in [-0.3, -0.25) is 14.4 Å². The van der Waals surface area contributed by atoms with Crippen molar-refractivity contribution in [2.75, 3.05) is 13.2 Å². The van der Waals surface area contributed by atoms with Crippen LogP contribution in [-0.2, 0) is 28.6 Å². The smallest absolute Gasteiger partial charge is 0.306 e. The Morgan fingerprint density at radius 1 is 0.256 bits per heavy atom. The first kappa shape index (κ1) is 79.4. The van der Waals surface area contributed by atoms with Crippen molar-refractivity contribution < 1.29 is 28.6 Å². The fraction of sp³-hybridized carbons (Fsp3) is 0.855. The zero-order valence-electron chi connectivity index (χ0n) is 55.3. The van der Waals surface area contributed by atoms with Crippen LogP contribution in [0.5, 0.6) is 0 Å². The predicted octanol–water partition coefficient (Wildman–Crippen LogP) is 25.3. The molecule has 1 atom stereocenters. The number of hydrogen-bond acceptors (Lipinski definition) is 6. The standard InChI is InChI=1S/C76H140O6/c1-4-7-10-13-16-19-22-25-27-29-30-31-32-33-34-35-36-37-38-39-40-41-42-43-44-45-46-47-49-51-54-57-60-63-66-69-75(78)81-72-73(71-80-74(77)68-65-62-59-56-53-50-24-21-18-15-12-9-6-3)82-76(79)70-67-64-61-58-55-52-48-28-26-23-20-17-14-11-8-5-2/h7,10,16,19,25,27,30-31,73H,4-6,8-9,11-15,17-18,20-24,26,28-29,32-72H2,1-3H3/b10-7-,19-16-,27-25-,31-30-. The van der Waals surface area contributed by atoms with Crippen LogP contribution in [0, 0.1) is 0 Å². The minimum Gasteiger partial charge on any atom is -0.462 e. The Morgan fingerprint density at radius 2 is 0.476 bits per heavy atom. The lowest BCUT2D eigenvalue weighted by Crippen LogP contribution is -2.30. The SMILES string of the molecule is CC/C=C\C/C=C\C/C=C\C/C=C\CCCCCCCCCCCCCCCCCCCCCCCCC(=O)OCC(COC(=O)CCCCCCCCCCCCCCC)OC(=O)CCCCCCCCCCCCCCCCCC. The van der Waals surface area contributed by atoms with Crippen molar-refractivity contribution in [1.82, 2.24) is 0 Å². The van der Waals surface area contributed by atoms with Crippen LogP contribution in [0.4, 0.5) is 0 Å². The molecular formula is C76H140O6. The normalized spacial score (nSPS) is 12.3. The molecule has 82 heavy (non-hydrogen) atoms. The highest BCUT2D eigenvalue weighted by Gasteiger charge is 2.19. The van der Waals surface area contributed by atoms with E-state index in [1.54, 1.807) is 0 Å². The summed E-state index contributed by atoms with van der Waals surface area (Å²) in [7, 11) is 0. The molecule has 0 aliphatic carbocycles. The van der Waals surface area contributed by atoms with E-state index in [1.807, 2.05) is 0 Å². The van der Waals surface area contributed by atoms with Gasteiger partial charge in [0.15, 0.2) is 6.10 Å². The predicted molar refractivity (Wildman–Crippen MR) is 358 cm³/mol. The molecule has 0 bridgehead atoms. The summed E-state index contributed by atoms with van der Waals surface area (Å²) in [5.41, 5.74) is 0. The Kier molecular flexibility index (Phi) is 68.6. The van der Waals surface area contributed by atoms with E-state index < -0.39 is 6.10 Å². The zero-order valence-corrected chi connectivity index (χ0v) is 55.3. The number of esters is 3. The lowest BCUT2D eigenvalue weighted by atomic mass is 10.0. The molecule has 0 aromatic carbocycles. The minimum atomic E-state index is -0.767. The van der Waals surface area contributed by atoms with Gasteiger partial charge < -0.3 is 14.2 Å². The molecule has 0 radical (unpaired) electrons. The van der Waals surface area contributed by atoms with Gasteiger partial charge in [0.2, 0.25) is 0 Å². The van der Waals surface area contributed by atoms with E-state index in [2.05, 4.69) is 69.4 Å². The van der Waals surface area contributed by atoms with Crippen LogP contribution in [-0.4, -0.2) is 37.2 Å². The molecular weight excluding hydrogens is 1010 g/mol. The monoisotopic (exact) mass is 1150 g/mol. The fourth-order valence-electron chi connectivity index (χ4n) is 11.1. The highest BCUT2D eigenvalue weighted by atomic mass is 16.6. The van der Waals surface area contributed by atoms with Crippen molar-refractivity contribution in [3.63, 3.8) is 0 Å². The van der Waals surface area contributed by atoms with Crippen molar-refractivity contribution in [3.8, 4) is 0 Å². The number of carbonyl (C=O) groups excluding carboxylic acids is 3. The van der Waals surface area contributed by atoms with Gasteiger partial charge in [0, 0.05) is 19.3 Å². The number of unbranched alkanes of at least 4 members (excludes halogenated alkanes) is 49. The second-order valence-electron chi connectivity index (χ2n) is 24.8. The summed E-state index contributed by atoms with van der Waals surface area (Å²) in [6, 6.07) is 0. The van der Waals surface area contributed by atoms with Gasteiger partial charge in [-0.2, -0.15) is 0 Å². The van der Waals surface area contributed by atoms with Crippen molar-refractivity contribution in [1.29, 1.82) is 0 Å². The molecule has 6 heteroatoms. The maximum atomic E-state index is 12.9. The molecule has 0 spiro atoms. The summed E-state index contributed by atoms with van der Waals surface area (Å²) in [5.74, 6) is -0.831. The van der Waals surface area contributed by atoms with E-state index in [4.69, 9.17) is 14.2 Å². The Hall–Kier alpha value is -2.63. The summed E-state index contributed by atoms with van der Waals surface area (Å²) in [4.78, 5) is 38.4. The van der Waals surface area contributed by atoms with Crippen LogP contribution in [0.3, 0.4) is 0 Å². The van der Waals surface area contributed by atoms with Gasteiger partial charge in [-0.15, -0.1) is 0 Å². The van der Waals surface area contributed by atoms with Crippen LogP contribution < -0.4 is 0 Å². The van der Waals surface area contributed by atoms with Gasteiger partial charge in [-0.1, -0.05) is 371 Å². The van der Waals surface area contributed by atoms with E-state index in [0.29, 0.717) is 19.3 Å². The third kappa shape index (κ3) is 68.2.